The molecule has 0 bridgehead atoms. The summed E-state index contributed by atoms with van der Waals surface area (Å²) in [6, 6.07) is 11.5. The number of benzene rings is 2. The molecular formula is C18H19ClN2O4S. The molecule has 2 heterocycles. The Bertz CT molecular complexity index is 968. The molecule has 0 radical (unpaired) electrons. The summed E-state index contributed by atoms with van der Waals surface area (Å²) in [5.74, 6) is 0. The predicted octanol–water partition coefficient (Wildman–Crippen LogP) is -1.05. The van der Waals surface area contributed by atoms with E-state index < -0.39 is 21.0 Å². The van der Waals surface area contributed by atoms with Gasteiger partial charge in [-0.1, -0.05) is 24.3 Å². The lowest BCUT2D eigenvalue weighted by molar-refractivity contribution is -1.91. The molecule has 4 rings (SSSR count). The zero-order valence-electron chi connectivity index (χ0n) is 14.2. The van der Waals surface area contributed by atoms with E-state index in [2.05, 4.69) is 22.4 Å². The van der Waals surface area contributed by atoms with Gasteiger partial charge < -0.3 is 10.2 Å². The van der Waals surface area contributed by atoms with Gasteiger partial charge in [0, 0.05) is 37.1 Å². The van der Waals surface area contributed by atoms with Gasteiger partial charge in [0.15, 0.2) is 0 Å². The van der Waals surface area contributed by atoms with Crippen LogP contribution in [0.4, 0.5) is 5.69 Å². The van der Waals surface area contributed by atoms with E-state index in [1.165, 1.54) is 0 Å². The molecule has 1 saturated heterocycles. The molecule has 0 amide bonds. The number of fused-ring (bicyclic) bond motifs is 2. The summed E-state index contributed by atoms with van der Waals surface area (Å²) in [5, 5.41) is 4.27. The van der Waals surface area contributed by atoms with Crippen LogP contribution in [0.1, 0.15) is 11.1 Å². The number of aryl methyl sites for hydroxylation is 1. The maximum atomic E-state index is 11.4. The van der Waals surface area contributed by atoms with Crippen molar-refractivity contribution in [1.29, 1.82) is 0 Å². The van der Waals surface area contributed by atoms with Gasteiger partial charge in [-0.3, -0.25) is 0 Å². The van der Waals surface area contributed by atoms with Crippen LogP contribution < -0.4 is 29.4 Å². The lowest BCUT2D eigenvalue weighted by Gasteiger charge is -2.30. The van der Waals surface area contributed by atoms with Crippen molar-refractivity contribution in [3.05, 3.63) is 57.3 Å². The van der Waals surface area contributed by atoms with Gasteiger partial charge in [0.2, 0.25) is 0 Å². The number of rotatable bonds is 3. The highest BCUT2D eigenvalue weighted by Gasteiger charge is 2.29. The average molecular weight is 395 g/mol. The summed E-state index contributed by atoms with van der Waals surface area (Å²) in [6.45, 7) is 5.46. The van der Waals surface area contributed by atoms with Crippen LogP contribution in [0.3, 0.4) is 0 Å². The molecule has 138 valence electrons. The standard InChI is InChI=1S/C18H19ClN2O4S/c1-13-6-7-16(21-10-8-20-9-11-21)15-12-14-4-2-3-5-17(14)26(18(13)15)25-19(22,23)24/h2-7,12,20H,8-11H2,1H3. The Balaban J connectivity index is 2.02. The van der Waals surface area contributed by atoms with E-state index in [0.717, 1.165) is 52.7 Å². The van der Waals surface area contributed by atoms with Crippen molar-refractivity contribution < 1.29 is 28.0 Å². The van der Waals surface area contributed by atoms with Gasteiger partial charge in [-0.25, -0.2) is 0 Å². The first-order valence-electron chi connectivity index (χ1n) is 8.32. The topological polar surface area (TPSA) is 93.7 Å². The van der Waals surface area contributed by atoms with E-state index >= 15 is 0 Å². The monoisotopic (exact) mass is 394 g/mol. The highest BCUT2D eigenvalue weighted by atomic mass is 35.7. The number of nitrogens with one attached hydrogen (secondary N) is 1. The van der Waals surface area contributed by atoms with E-state index in [-0.39, 0.29) is 0 Å². The van der Waals surface area contributed by atoms with Gasteiger partial charge in [0.1, 0.15) is 14.5 Å². The van der Waals surface area contributed by atoms with Crippen molar-refractivity contribution in [2.45, 2.75) is 11.8 Å². The van der Waals surface area contributed by atoms with E-state index in [1.807, 2.05) is 37.3 Å². The van der Waals surface area contributed by atoms with Gasteiger partial charge >= 0.3 is 0 Å². The highest BCUT2D eigenvalue weighted by molar-refractivity contribution is 8.05. The number of hydrogen-bond donors (Lipinski definition) is 1. The van der Waals surface area contributed by atoms with E-state index in [9.17, 15) is 14.0 Å². The second kappa shape index (κ2) is 6.94. The van der Waals surface area contributed by atoms with Gasteiger partial charge in [-0.2, -0.15) is 14.0 Å². The van der Waals surface area contributed by atoms with Crippen LogP contribution in [0.2, 0.25) is 0 Å². The fourth-order valence-corrected chi connectivity index (χ4v) is 6.07. The molecule has 0 spiro atoms. The summed E-state index contributed by atoms with van der Waals surface area (Å²) in [4.78, 5) is 3.00. The third-order valence-electron chi connectivity index (χ3n) is 4.57. The van der Waals surface area contributed by atoms with E-state index in [4.69, 9.17) is 3.74 Å². The molecule has 2 aliphatic heterocycles. The van der Waals surface area contributed by atoms with Crippen molar-refractivity contribution >= 4 is 22.5 Å². The second-order valence-corrected chi connectivity index (χ2v) is 8.92. The third-order valence-corrected chi connectivity index (χ3v) is 7.38. The van der Waals surface area contributed by atoms with Crippen LogP contribution in [0, 0.1) is 21.7 Å². The van der Waals surface area contributed by atoms with Crippen molar-refractivity contribution in [3.8, 4) is 0 Å². The van der Waals surface area contributed by atoms with Crippen LogP contribution in [0.15, 0.2) is 41.3 Å². The summed E-state index contributed by atoms with van der Waals surface area (Å²) >= 11 is 0. The zero-order valence-corrected chi connectivity index (χ0v) is 15.8. The molecule has 6 nitrogen and oxygen atoms in total. The number of hydrogen-bond acceptors (Lipinski definition) is 6. The zero-order chi connectivity index (χ0) is 18.3. The van der Waals surface area contributed by atoms with Crippen LogP contribution in [-0.4, -0.2) is 26.2 Å². The SMILES string of the molecule is Cc1ccc(N2CCNCC2)c2c1=S(O[Cl+3]([O-])([O-])[O-])c1ccccc1C=2. The summed E-state index contributed by atoms with van der Waals surface area (Å²) in [7, 11) is -5.82. The Labute approximate surface area is 156 Å². The molecule has 26 heavy (non-hydrogen) atoms. The molecule has 1 unspecified atom stereocenters. The molecule has 0 aromatic heterocycles. The molecule has 2 aromatic rings. The molecule has 2 aromatic carbocycles. The average Bonchev–Trinajstić information content (AvgIpc) is 2.61. The molecule has 0 aliphatic carbocycles. The molecule has 1 fully saturated rings. The highest BCUT2D eigenvalue weighted by Crippen LogP contribution is 2.39. The quantitative estimate of drug-likeness (QED) is 0.668. The Hall–Kier alpha value is -1.45. The molecule has 2 aliphatic rings. The maximum Gasteiger partial charge on any atom is 0.148 e. The fraction of sp³-hybridized carbons (Fsp3) is 0.278. The minimum atomic E-state index is -4.54. The first-order valence-corrected chi connectivity index (χ1v) is 10.7. The van der Waals surface area contributed by atoms with Crippen molar-refractivity contribution in [2.75, 3.05) is 31.1 Å². The van der Waals surface area contributed by atoms with Crippen LogP contribution >= 0.6 is 10.8 Å². The Kier molecular flexibility index (Phi) is 4.79. The number of nitrogens with zero attached hydrogens (tertiary/aromatic N) is 1. The Morgan fingerprint density at radius 2 is 1.81 bits per heavy atom. The van der Waals surface area contributed by atoms with Gasteiger partial charge in [-0.15, -0.1) is 0 Å². The molecular weight excluding hydrogens is 376 g/mol. The lowest BCUT2D eigenvalue weighted by Crippen LogP contribution is -2.60. The molecule has 8 heteroatoms. The lowest BCUT2D eigenvalue weighted by atomic mass is 10.1. The third kappa shape index (κ3) is 3.39. The van der Waals surface area contributed by atoms with Gasteiger partial charge in [0.25, 0.3) is 0 Å². The minimum Gasteiger partial charge on any atom is -0.368 e. The Morgan fingerprint density at radius 3 is 2.54 bits per heavy atom. The van der Waals surface area contributed by atoms with E-state index in [1.54, 1.807) is 0 Å². The smallest absolute Gasteiger partial charge is 0.148 e. The summed E-state index contributed by atoms with van der Waals surface area (Å²) < 4.78 is 40.0. The molecule has 1 N–H and O–H groups in total. The Morgan fingerprint density at radius 1 is 1.08 bits per heavy atom. The van der Waals surface area contributed by atoms with Crippen molar-refractivity contribution in [2.24, 2.45) is 0 Å². The number of anilines is 1. The van der Waals surface area contributed by atoms with Crippen molar-refractivity contribution in [3.63, 3.8) is 0 Å². The normalized spacial score (nSPS) is 19.5. The summed E-state index contributed by atoms with van der Waals surface area (Å²) in [6.07, 6.45) is 2.07. The van der Waals surface area contributed by atoms with Gasteiger partial charge in [0.05, 0.1) is 19.6 Å². The number of halogens is 1. The van der Waals surface area contributed by atoms with Crippen molar-refractivity contribution in [1.82, 2.24) is 5.32 Å². The first kappa shape index (κ1) is 17.9. The minimum absolute atomic E-state index is 0.715. The fourth-order valence-electron chi connectivity index (χ4n) is 3.44. The second-order valence-electron chi connectivity index (χ2n) is 6.27. The summed E-state index contributed by atoms with van der Waals surface area (Å²) in [5.41, 5.74) is 2.83. The largest absolute Gasteiger partial charge is 0.368 e. The first-order chi connectivity index (χ1) is 12.4. The van der Waals surface area contributed by atoms with Crippen LogP contribution in [0.5, 0.6) is 0 Å². The number of piperazine rings is 1. The molecule has 1 atom stereocenters. The predicted molar refractivity (Wildman–Crippen MR) is 91.7 cm³/mol. The van der Waals surface area contributed by atoms with Gasteiger partial charge in [-0.05, 0) is 36.3 Å². The molecule has 0 saturated carbocycles. The van der Waals surface area contributed by atoms with E-state index in [0.29, 0.717) is 4.90 Å². The van der Waals surface area contributed by atoms with Crippen LogP contribution in [0.25, 0.3) is 6.08 Å². The van der Waals surface area contributed by atoms with Crippen LogP contribution in [-0.2, 0) is 3.74 Å². The maximum absolute atomic E-state index is 11.4.